The molecule has 2 amide bonds. The van der Waals surface area contributed by atoms with Gasteiger partial charge in [0, 0.05) is 36.7 Å². The second kappa shape index (κ2) is 7.95. The second-order valence-corrected chi connectivity index (χ2v) is 7.47. The van der Waals surface area contributed by atoms with Crippen molar-refractivity contribution >= 4 is 28.3 Å². The summed E-state index contributed by atoms with van der Waals surface area (Å²) in [5.74, 6) is -1.15. The topological polar surface area (TPSA) is 130 Å². The lowest BCUT2D eigenvalue weighted by atomic mass is 10.0. The number of thiazole rings is 1. The molecule has 29 heavy (non-hydrogen) atoms. The summed E-state index contributed by atoms with van der Waals surface area (Å²) in [6.07, 6.45) is 3.44. The fourth-order valence-corrected chi connectivity index (χ4v) is 3.81. The van der Waals surface area contributed by atoms with E-state index in [0.717, 1.165) is 23.5 Å². The quantitative estimate of drug-likeness (QED) is 0.573. The van der Waals surface area contributed by atoms with Gasteiger partial charge in [-0.15, -0.1) is 11.3 Å². The van der Waals surface area contributed by atoms with E-state index in [9.17, 15) is 14.0 Å². The Kier molecular flexibility index (Phi) is 5.21. The summed E-state index contributed by atoms with van der Waals surface area (Å²) in [6, 6.07) is 1.16. The molecule has 0 atom stereocenters. The van der Waals surface area contributed by atoms with Gasteiger partial charge in [0.1, 0.15) is 5.82 Å². The summed E-state index contributed by atoms with van der Waals surface area (Å²) in [7, 11) is 0. The summed E-state index contributed by atoms with van der Waals surface area (Å²) >= 11 is 1.36. The van der Waals surface area contributed by atoms with Gasteiger partial charge in [-0.1, -0.05) is 0 Å². The van der Waals surface area contributed by atoms with Gasteiger partial charge in [-0.25, -0.2) is 9.37 Å². The molecule has 0 radical (unpaired) electrons. The summed E-state index contributed by atoms with van der Waals surface area (Å²) in [5.41, 5.74) is 8.44. The van der Waals surface area contributed by atoms with E-state index in [1.807, 2.05) is 5.38 Å². The van der Waals surface area contributed by atoms with Gasteiger partial charge in [-0.2, -0.15) is 5.10 Å². The molecule has 1 aliphatic rings. The first-order valence-electron chi connectivity index (χ1n) is 8.95. The number of hydrogen-bond acceptors (Lipinski definition) is 7. The van der Waals surface area contributed by atoms with Gasteiger partial charge < -0.3 is 16.0 Å². The van der Waals surface area contributed by atoms with Crippen LogP contribution in [0.2, 0.25) is 0 Å². The summed E-state index contributed by atoms with van der Waals surface area (Å²) in [5, 5.41) is 12.2. The molecule has 0 bridgehead atoms. The number of fused-ring (bicyclic) bond motifs is 1. The van der Waals surface area contributed by atoms with Crippen molar-refractivity contribution in [3.05, 3.63) is 57.9 Å². The van der Waals surface area contributed by atoms with Crippen LogP contribution in [0.15, 0.2) is 23.8 Å². The van der Waals surface area contributed by atoms with Crippen LogP contribution in [-0.4, -0.2) is 50.0 Å². The lowest BCUT2D eigenvalue weighted by molar-refractivity contribution is 0.0731. The molecule has 150 valence electrons. The maximum atomic E-state index is 13.3. The van der Waals surface area contributed by atoms with Crippen LogP contribution in [0.4, 0.5) is 9.52 Å². The number of hydrogen-bond donors (Lipinski definition) is 3. The van der Waals surface area contributed by atoms with Gasteiger partial charge in [-0.05, 0) is 12.5 Å². The van der Waals surface area contributed by atoms with E-state index in [1.54, 1.807) is 4.90 Å². The summed E-state index contributed by atoms with van der Waals surface area (Å²) in [4.78, 5) is 34.5. The lowest BCUT2D eigenvalue weighted by Gasteiger charge is -2.26. The zero-order chi connectivity index (χ0) is 20.4. The van der Waals surface area contributed by atoms with Crippen molar-refractivity contribution in [3.8, 4) is 0 Å². The number of amides is 2. The van der Waals surface area contributed by atoms with Gasteiger partial charge in [0.2, 0.25) is 0 Å². The first kappa shape index (κ1) is 19.0. The van der Waals surface area contributed by atoms with E-state index in [2.05, 4.69) is 25.5 Å². The highest BCUT2D eigenvalue weighted by Crippen LogP contribution is 2.22. The van der Waals surface area contributed by atoms with Crippen molar-refractivity contribution in [2.45, 2.75) is 19.4 Å². The predicted molar refractivity (Wildman–Crippen MR) is 104 cm³/mol. The Bertz CT molecular complexity index is 1060. The fraction of sp³-hybridized carbons (Fsp3) is 0.278. The van der Waals surface area contributed by atoms with Crippen LogP contribution in [0.3, 0.4) is 0 Å². The highest BCUT2D eigenvalue weighted by molar-refractivity contribution is 7.13. The maximum Gasteiger partial charge on any atom is 0.272 e. The first-order chi connectivity index (χ1) is 14.0. The van der Waals surface area contributed by atoms with Crippen LogP contribution in [0.25, 0.3) is 0 Å². The third-order valence-electron chi connectivity index (χ3n) is 4.62. The molecule has 4 rings (SSSR count). The number of nitrogens with two attached hydrogens (primary N) is 1. The van der Waals surface area contributed by atoms with Crippen molar-refractivity contribution in [1.82, 2.24) is 30.4 Å². The number of aromatic amines is 1. The van der Waals surface area contributed by atoms with Crippen LogP contribution in [-0.2, 0) is 19.4 Å². The van der Waals surface area contributed by atoms with Crippen molar-refractivity contribution in [2.24, 2.45) is 0 Å². The average molecular weight is 415 g/mol. The van der Waals surface area contributed by atoms with Gasteiger partial charge in [0.25, 0.3) is 11.8 Å². The maximum absolute atomic E-state index is 13.3. The number of nitrogens with zero attached hydrogens (tertiary/aromatic N) is 4. The molecule has 0 saturated heterocycles. The van der Waals surface area contributed by atoms with Gasteiger partial charge in [-0.3, -0.25) is 19.7 Å². The number of halogens is 1. The van der Waals surface area contributed by atoms with Crippen LogP contribution in [0, 0.1) is 5.82 Å². The summed E-state index contributed by atoms with van der Waals surface area (Å²) in [6.45, 7) is 1.09. The number of anilines is 1. The smallest absolute Gasteiger partial charge is 0.272 e. The van der Waals surface area contributed by atoms with Crippen LogP contribution in [0.5, 0.6) is 0 Å². The van der Waals surface area contributed by atoms with Crippen LogP contribution >= 0.6 is 11.3 Å². The Morgan fingerprint density at radius 3 is 3.00 bits per heavy atom. The molecule has 0 aromatic carbocycles. The number of carbonyl (C=O) groups is 2. The molecule has 9 nitrogen and oxygen atoms in total. The second-order valence-electron chi connectivity index (χ2n) is 6.58. The Balaban J connectivity index is 1.38. The molecular weight excluding hydrogens is 397 g/mol. The zero-order valence-electron chi connectivity index (χ0n) is 15.3. The third-order valence-corrected chi connectivity index (χ3v) is 5.35. The normalized spacial score (nSPS) is 13.2. The minimum atomic E-state index is -0.561. The molecular formula is C18H18FN7O2S. The third kappa shape index (κ3) is 4.09. The van der Waals surface area contributed by atoms with Crippen molar-refractivity contribution < 1.29 is 14.0 Å². The Labute approximate surface area is 169 Å². The van der Waals surface area contributed by atoms with Crippen molar-refractivity contribution in [1.29, 1.82) is 0 Å². The number of H-pyrrole nitrogens is 1. The van der Waals surface area contributed by atoms with Gasteiger partial charge in [0.05, 0.1) is 29.7 Å². The highest BCUT2D eigenvalue weighted by atomic mass is 32.1. The SMILES string of the molecule is Nc1nc(CCNC(=O)c2n[nH]c3c2CCN(C(=O)c2cncc(F)c2)C3)cs1. The molecule has 1 aliphatic heterocycles. The van der Waals surface area contributed by atoms with Crippen molar-refractivity contribution in [3.63, 3.8) is 0 Å². The number of nitrogen functional groups attached to an aromatic ring is 1. The summed E-state index contributed by atoms with van der Waals surface area (Å²) < 4.78 is 13.3. The Hall–Kier alpha value is -3.34. The van der Waals surface area contributed by atoms with E-state index >= 15 is 0 Å². The molecule has 0 saturated carbocycles. The minimum Gasteiger partial charge on any atom is -0.375 e. The van der Waals surface area contributed by atoms with E-state index in [0.29, 0.717) is 42.5 Å². The molecule has 0 unspecified atom stereocenters. The minimum absolute atomic E-state index is 0.189. The molecule has 4 heterocycles. The zero-order valence-corrected chi connectivity index (χ0v) is 16.1. The monoisotopic (exact) mass is 415 g/mol. The lowest BCUT2D eigenvalue weighted by Crippen LogP contribution is -2.36. The number of aromatic nitrogens is 4. The van der Waals surface area contributed by atoms with E-state index in [1.165, 1.54) is 17.5 Å². The Morgan fingerprint density at radius 1 is 1.38 bits per heavy atom. The number of nitrogens with one attached hydrogen (secondary N) is 2. The molecule has 0 fully saturated rings. The molecule has 3 aromatic heterocycles. The number of rotatable bonds is 5. The average Bonchev–Trinajstić information content (AvgIpc) is 3.32. The standard InChI is InChI=1S/C18H18FN7O2S/c19-11-5-10(6-21-7-11)17(28)26-4-2-13-14(8-26)24-25-15(13)16(27)22-3-1-12-9-29-18(20)23-12/h5-7,9H,1-4,8H2,(H2,20,23)(H,22,27)(H,24,25). The first-order valence-corrected chi connectivity index (χ1v) is 9.83. The fourth-order valence-electron chi connectivity index (χ4n) is 3.22. The molecule has 0 spiro atoms. The largest absolute Gasteiger partial charge is 0.375 e. The molecule has 3 aromatic rings. The number of pyridine rings is 1. The van der Waals surface area contributed by atoms with Crippen LogP contribution in [0.1, 0.15) is 37.8 Å². The van der Waals surface area contributed by atoms with E-state index in [-0.39, 0.29) is 23.9 Å². The highest BCUT2D eigenvalue weighted by Gasteiger charge is 2.28. The predicted octanol–water partition coefficient (Wildman–Crippen LogP) is 1.15. The Morgan fingerprint density at radius 2 is 2.24 bits per heavy atom. The van der Waals surface area contributed by atoms with Gasteiger partial charge in [0.15, 0.2) is 10.8 Å². The number of carbonyl (C=O) groups excluding carboxylic acids is 2. The van der Waals surface area contributed by atoms with Crippen molar-refractivity contribution in [2.75, 3.05) is 18.8 Å². The van der Waals surface area contributed by atoms with E-state index < -0.39 is 5.82 Å². The molecule has 11 heteroatoms. The molecule has 0 aliphatic carbocycles. The van der Waals surface area contributed by atoms with Gasteiger partial charge >= 0.3 is 0 Å². The molecule has 4 N–H and O–H groups in total. The van der Waals surface area contributed by atoms with Crippen LogP contribution < -0.4 is 11.1 Å². The van der Waals surface area contributed by atoms with E-state index in [4.69, 9.17) is 5.73 Å².